The van der Waals surface area contributed by atoms with Crippen molar-refractivity contribution in [3.05, 3.63) is 78.9 Å². The van der Waals surface area contributed by atoms with Crippen LogP contribution in [0.4, 0.5) is 4.39 Å². The predicted molar refractivity (Wildman–Crippen MR) is 92.8 cm³/mol. The van der Waals surface area contributed by atoms with E-state index in [0.717, 1.165) is 5.19 Å². The molecule has 1 nitrogen and oxygen atoms in total. The third-order valence-electron chi connectivity index (χ3n) is 4.16. The first-order valence-corrected chi connectivity index (χ1v) is 10.4. The van der Waals surface area contributed by atoms with Crippen LogP contribution in [0, 0.1) is 5.95 Å². The summed E-state index contributed by atoms with van der Waals surface area (Å²) in [5.41, 5.74) is 2.43. The molecule has 3 rings (SSSR count). The molecule has 3 aromatic rings. The van der Waals surface area contributed by atoms with Crippen molar-refractivity contribution in [1.82, 2.24) is 4.98 Å². The number of pyridine rings is 1. The third kappa shape index (κ3) is 2.85. The molecule has 0 aliphatic carbocycles. The van der Waals surface area contributed by atoms with Gasteiger partial charge in [-0.05, 0) is 22.4 Å². The lowest BCUT2D eigenvalue weighted by atomic mass is 10.1. The molecular formula is C19H18FNSi. The maximum absolute atomic E-state index is 13.0. The van der Waals surface area contributed by atoms with Gasteiger partial charge in [0.15, 0.2) is 0 Å². The van der Waals surface area contributed by atoms with Gasteiger partial charge in [-0.2, -0.15) is 4.39 Å². The van der Waals surface area contributed by atoms with Crippen molar-refractivity contribution in [2.45, 2.75) is 13.1 Å². The second-order valence-electron chi connectivity index (χ2n) is 5.94. The highest BCUT2D eigenvalue weighted by molar-refractivity contribution is 7.00. The molecule has 0 bridgehead atoms. The van der Waals surface area contributed by atoms with E-state index in [2.05, 4.69) is 54.5 Å². The first-order valence-electron chi connectivity index (χ1n) is 7.35. The second kappa shape index (κ2) is 5.85. The number of halogens is 1. The molecule has 0 saturated carbocycles. The lowest BCUT2D eigenvalue weighted by Crippen LogP contribution is -2.52. The highest BCUT2D eigenvalue weighted by Gasteiger charge is 2.26. The van der Waals surface area contributed by atoms with Gasteiger partial charge in [-0.3, -0.25) is 0 Å². The van der Waals surface area contributed by atoms with Crippen LogP contribution in [0.2, 0.25) is 13.1 Å². The van der Waals surface area contributed by atoms with E-state index in [9.17, 15) is 4.39 Å². The van der Waals surface area contributed by atoms with Gasteiger partial charge in [0.05, 0.1) is 0 Å². The zero-order valence-electron chi connectivity index (χ0n) is 12.8. The predicted octanol–water partition coefficient (Wildman–Crippen LogP) is 3.71. The fourth-order valence-electron chi connectivity index (χ4n) is 2.62. The number of hydrogen-bond acceptors (Lipinski definition) is 1. The molecule has 0 atom stereocenters. The number of hydrogen-bond donors (Lipinski definition) is 0. The van der Waals surface area contributed by atoms with E-state index in [1.807, 2.05) is 24.3 Å². The van der Waals surface area contributed by atoms with Crippen LogP contribution in [0.15, 0.2) is 72.9 Å². The van der Waals surface area contributed by atoms with Crippen LogP contribution >= 0.6 is 0 Å². The van der Waals surface area contributed by atoms with Crippen LogP contribution in [0.3, 0.4) is 0 Å². The highest BCUT2D eigenvalue weighted by atomic mass is 28.3. The van der Waals surface area contributed by atoms with Gasteiger partial charge >= 0.3 is 0 Å². The lowest BCUT2D eigenvalue weighted by molar-refractivity contribution is 0.584. The fourth-order valence-corrected chi connectivity index (χ4v) is 4.84. The van der Waals surface area contributed by atoms with Gasteiger partial charge in [-0.1, -0.05) is 78.9 Å². The minimum absolute atomic E-state index is 0.423. The first kappa shape index (κ1) is 14.7. The quantitative estimate of drug-likeness (QED) is 0.531. The van der Waals surface area contributed by atoms with Gasteiger partial charge < -0.3 is 0 Å². The van der Waals surface area contributed by atoms with Crippen molar-refractivity contribution in [3.63, 3.8) is 0 Å². The number of rotatable bonds is 3. The summed E-state index contributed by atoms with van der Waals surface area (Å²) in [6.45, 7) is 4.53. The largest absolute Gasteiger partial charge is 0.228 e. The Bertz CT molecular complexity index is 750. The zero-order chi connectivity index (χ0) is 15.6. The van der Waals surface area contributed by atoms with Gasteiger partial charge in [0, 0.05) is 6.20 Å². The molecule has 1 heterocycles. The summed E-state index contributed by atoms with van der Waals surface area (Å²) in [4.78, 5) is 3.80. The van der Waals surface area contributed by atoms with Gasteiger partial charge in [-0.25, -0.2) is 4.98 Å². The third-order valence-corrected chi connectivity index (χ3v) is 7.68. The molecule has 0 spiro atoms. The van der Waals surface area contributed by atoms with E-state index in [0.29, 0.717) is 0 Å². The van der Waals surface area contributed by atoms with Gasteiger partial charge in [0.25, 0.3) is 0 Å². The maximum atomic E-state index is 13.0. The van der Waals surface area contributed by atoms with Gasteiger partial charge in [0.2, 0.25) is 5.95 Å². The summed E-state index contributed by atoms with van der Waals surface area (Å²) in [6, 6.07) is 22.4. The van der Waals surface area contributed by atoms with Crippen molar-refractivity contribution in [1.29, 1.82) is 0 Å². The molecule has 3 heteroatoms. The molecule has 0 N–H and O–H groups in total. The molecule has 0 aliphatic rings. The molecule has 0 saturated heterocycles. The maximum Gasteiger partial charge on any atom is 0.212 e. The van der Waals surface area contributed by atoms with Crippen LogP contribution in [0.5, 0.6) is 0 Å². The van der Waals surface area contributed by atoms with E-state index >= 15 is 0 Å². The smallest absolute Gasteiger partial charge is 0.212 e. The Morgan fingerprint density at radius 1 is 0.727 bits per heavy atom. The fraction of sp³-hybridized carbons (Fsp3) is 0.105. The topological polar surface area (TPSA) is 12.9 Å². The van der Waals surface area contributed by atoms with Gasteiger partial charge in [-0.15, -0.1) is 0 Å². The average Bonchev–Trinajstić information content (AvgIpc) is 2.56. The molecule has 110 valence electrons. The van der Waals surface area contributed by atoms with Crippen molar-refractivity contribution >= 4 is 18.4 Å². The summed E-state index contributed by atoms with van der Waals surface area (Å²) < 4.78 is 13.0. The number of aromatic nitrogens is 1. The Balaban J connectivity index is 1.93. The molecule has 1 aromatic heterocycles. The minimum atomic E-state index is -1.83. The lowest BCUT2D eigenvalue weighted by Gasteiger charge is -2.23. The Hall–Kier alpha value is -2.26. The van der Waals surface area contributed by atoms with Crippen LogP contribution in [0.1, 0.15) is 0 Å². The second-order valence-corrected chi connectivity index (χ2v) is 10.3. The van der Waals surface area contributed by atoms with Crippen molar-refractivity contribution in [2.24, 2.45) is 0 Å². The Morgan fingerprint density at radius 2 is 1.32 bits per heavy atom. The summed E-state index contributed by atoms with van der Waals surface area (Å²) >= 11 is 0. The van der Waals surface area contributed by atoms with E-state index in [1.165, 1.54) is 22.4 Å². The van der Waals surface area contributed by atoms with E-state index < -0.39 is 14.0 Å². The zero-order valence-corrected chi connectivity index (χ0v) is 13.8. The van der Waals surface area contributed by atoms with Crippen LogP contribution in [-0.2, 0) is 0 Å². The van der Waals surface area contributed by atoms with Crippen LogP contribution in [0.25, 0.3) is 11.1 Å². The molecule has 0 radical (unpaired) electrons. The number of nitrogens with zero attached hydrogens (tertiary/aromatic N) is 1. The summed E-state index contributed by atoms with van der Waals surface area (Å²) in [5, 5.41) is 2.46. The van der Waals surface area contributed by atoms with Gasteiger partial charge in [0.1, 0.15) is 8.07 Å². The molecular weight excluding hydrogens is 289 g/mol. The van der Waals surface area contributed by atoms with Crippen molar-refractivity contribution in [2.75, 3.05) is 0 Å². The standard InChI is InChI=1S/C19H18FNSi/c1-22(2,18-12-13-19(20)21-14-18)17-10-8-16(9-11-17)15-6-4-3-5-7-15/h3-14H,1-2H3. The van der Waals surface area contributed by atoms with E-state index in [-0.39, 0.29) is 0 Å². The Kier molecular flexibility index (Phi) is 3.90. The normalized spacial score (nSPS) is 11.4. The van der Waals surface area contributed by atoms with Crippen LogP contribution < -0.4 is 10.4 Å². The monoisotopic (exact) mass is 307 g/mol. The molecule has 0 unspecified atom stereocenters. The molecule has 22 heavy (non-hydrogen) atoms. The Morgan fingerprint density at radius 3 is 1.91 bits per heavy atom. The SMILES string of the molecule is C[Si](C)(c1ccc(-c2ccccc2)cc1)c1ccc(F)nc1. The molecule has 0 amide bonds. The summed E-state index contributed by atoms with van der Waals surface area (Å²) in [5.74, 6) is -0.423. The van der Waals surface area contributed by atoms with Crippen molar-refractivity contribution in [3.8, 4) is 11.1 Å². The highest BCUT2D eigenvalue weighted by Crippen LogP contribution is 2.18. The first-order chi connectivity index (χ1) is 10.6. The molecule has 0 fully saturated rings. The van der Waals surface area contributed by atoms with Crippen molar-refractivity contribution < 1.29 is 4.39 Å². The van der Waals surface area contributed by atoms with E-state index in [4.69, 9.17) is 0 Å². The average molecular weight is 307 g/mol. The number of benzene rings is 2. The van der Waals surface area contributed by atoms with E-state index in [1.54, 1.807) is 6.20 Å². The van der Waals surface area contributed by atoms with Crippen LogP contribution in [-0.4, -0.2) is 13.1 Å². The summed E-state index contributed by atoms with van der Waals surface area (Å²) in [7, 11) is -1.83. The summed E-state index contributed by atoms with van der Waals surface area (Å²) in [6.07, 6.45) is 1.67. The molecule has 0 aliphatic heterocycles. The molecule has 2 aromatic carbocycles. The Labute approximate surface area is 131 Å². The minimum Gasteiger partial charge on any atom is -0.228 e.